The molecule has 15 heavy (non-hydrogen) atoms. The number of alkyl halides is 3. The minimum Gasteiger partial charge on any atom is -0.298 e. The summed E-state index contributed by atoms with van der Waals surface area (Å²) in [6.07, 6.45) is -2.35. The third-order valence-corrected chi connectivity index (χ3v) is 3.19. The molecule has 0 radical (unpaired) electrons. The summed E-state index contributed by atoms with van der Waals surface area (Å²) in [7, 11) is 0. The van der Waals surface area contributed by atoms with Crippen molar-refractivity contribution in [2.75, 3.05) is 5.33 Å². The lowest BCUT2D eigenvalue weighted by molar-refractivity contribution is -0.115. The highest BCUT2D eigenvalue weighted by atomic mass is 79.9. The molecular weight excluding hydrogens is 334 g/mol. The van der Waals surface area contributed by atoms with Crippen molar-refractivity contribution >= 4 is 37.6 Å². The topological polar surface area (TPSA) is 17.1 Å². The van der Waals surface area contributed by atoms with Crippen molar-refractivity contribution in [2.45, 2.75) is 12.8 Å². The van der Waals surface area contributed by atoms with E-state index in [1.807, 2.05) is 0 Å². The van der Waals surface area contributed by atoms with Gasteiger partial charge in [-0.05, 0) is 17.7 Å². The van der Waals surface area contributed by atoms with Gasteiger partial charge in [0.1, 0.15) is 5.78 Å². The Morgan fingerprint density at radius 1 is 1.40 bits per heavy atom. The van der Waals surface area contributed by atoms with E-state index in [-0.39, 0.29) is 23.1 Å². The first-order chi connectivity index (χ1) is 7.04. The maximum atomic E-state index is 12.5. The molecule has 0 saturated carbocycles. The molecule has 0 spiro atoms. The number of carbonyl (C=O) groups excluding carboxylic acids is 1. The van der Waals surface area contributed by atoms with Gasteiger partial charge in [-0.2, -0.15) is 0 Å². The normalized spacial score (nSPS) is 10.7. The lowest BCUT2D eigenvalue weighted by Crippen LogP contribution is -2.04. The predicted octanol–water partition coefficient (Wildman–Crippen LogP) is 3.89. The third-order valence-electron chi connectivity index (χ3n) is 1.85. The van der Waals surface area contributed by atoms with Crippen LogP contribution in [0.2, 0.25) is 0 Å². The summed E-state index contributed by atoms with van der Waals surface area (Å²) in [5, 5.41) is 0.243. The van der Waals surface area contributed by atoms with Gasteiger partial charge in [-0.15, -0.1) is 0 Å². The van der Waals surface area contributed by atoms with Crippen molar-refractivity contribution in [3.8, 4) is 0 Å². The highest BCUT2D eigenvalue weighted by molar-refractivity contribution is 9.10. The number of rotatable bonds is 4. The van der Waals surface area contributed by atoms with Gasteiger partial charge in [0, 0.05) is 16.5 Å². The monoisotopic (exact) mass is 340 g/mol. The molecule has 0 bridgehead atoms. The number of carbonyl (C=O) groups is 1. The molecule has 1 nitrogen and oxygen atoms in total. The zero-order chi connectivity index (χ0) is 11.4. The van der Waals surface area contributed by atoms with E-state index in [1.165, 1.54) is 6.07 Å². The Labute approximate surface area is 103 Å². The lowest BCUT2D eigenvalue weighted by atomic mass is 10.1. The van der Waals surface area contributed by atoms with Crippen LogP contribution in [0, 0.1) is 0 Å². The number of hydrogen-bond donors (Lipinski definition) is 0. The molecule has 1 rings (SSSR count). The van der Waals surface area contributed by atoms with E-state index in [4.69, 9.17) is 0 Å². The maximum Gasteiger partial charge on any atom is 0.264 e. The van der Waals surface area contributed by atoms with Crippen LogP contribution in [0.4, 0.5) is 8.78 Å². The van der Waals surface area contributed by atoms with Crippen LogP contribution in [-0.2, 0) is 11.2 Å². The minimum absolute atomic E-state index is 0.0301. The van der Waals surface area contributed by atoms with Gasteiger partial charge in [0.25, 0.3) is 6.43 Å². The Hall–Kier alpha value is -0.290. The van der Waals surface area contributed by atoms with Crippen molar-refractivity contribution in [1.82, 2.24) is 0 Å². The van der Waals surface area contributed by atoms with E-state index >= 15 is 0 Å². The number of hydrogen-bond acceptors (Lipinski definition) is 1. The standard InChI is InChI=1S/C10H8Br2F2O/c11-5-7(15)3-6-1-2-9(12)8(4-6)10(13)14/h1-2,4,10H,3,5H2. The summed E-state index contributed by atoms with van der Waals surface area (Å²) < 4.78 is 25.4. The average Bonchev–Trinajstić information content (AvgIpc) is 2.20. The predicted molar refractivity (Wildman–Crippen MR) is 61.6 cm³/mol. The molecule has 0 aliphatic heterocycles. The highest BCUT2D eigenvalue weighted by Crippen LogP contribution is 2.28. The smallest absolute Gasteiger partial charge is 0.264 e. The Morgan fingerprint density at radius 3 is 2.60 bits per heavy atom. The van der Waals surface area contributed by atoms with E-state index in [0.29, 0.717) is 10.0 Å². The summed E-state index contributed by atoms with van der Waals surface area (Å²) >= 11 is 6.07. The molecule has 0 amide bonds. The van der Waals surface area contributed by atoms with Gasteiger partial charge in [-0.3, -0.25) is 4.79 Å². The van der Waals surface area contributed by atoms with E-state index in [9.17, 15) is 13.6 Å². The molecule has 0 N–H and O–H groups in total. The second-order valence-electron chi connectivity index (χ2n) is 3.01. The zero-order valence-electron chi connectivity index (χ0n) is 7.64. The van der Waals surface area contributed by atoms with Crippen LogP contribution in [0.3, 0.4) is 0 Å². The van der Waals surface area contributed by atoms with Crippen molar-refractivity contribution in [3.05, 3.63) is 33.8 Å². The number of ketones is 1. The largest absolute Gasteiger partial charge is 0.298 e. The SMILES string of the molecule is O=C(CBr)Cc1ccc(Br)c(C(F)F)c1. The van der Waals surface area contributed by atoms with Crippen molar-refractivity contribution in [1.29, 1.82) is 0 Å². The van der Waals surface area contributed by atoms with Crippen LogP contribution in [0.1, 0.15) is 17.6 Å². The molecule has 0 fully saturated rings. The second-order valence-corrected chi connectivity index (χ2v) is 4.42. The third kappa shape index (κ3) is 3.65. The molecule has 0 heterocycles. The second kappa shape index (κ2) is 5.70. The highest BCUT2D eigenvalue weighted by Gasteiger charge is 2.12. The zero-order valence-corrected chi connectivity index (χ0v) is 10.8. The van der Waals surface area contributed by atoms with Crippen LogP contribution < -0.4 is 0 Å². The molecule has 0 aromatic heterocycles. The fourth-order valence-corrected chi connectivity index (χ4v) is 1.76. The summed E-state index contributed by atoms with van der Waals surface area (Å²) in [6, 6.07) is 4.56. The van der Waals surface area contributed by atoms with Gasteiger partial charge in [0.05, 0.1) is 5.33 Å². The quantitative estimate of drug-likeness (QED) is 0.759. The van der Waals surface area contributed by atoms with Gasteiger partial charge in [0.15, 0.2) is 0 Å². The van der Waals surface area contributed by atoms with Crippen LogP contribution in [0.15, 0.2) is 22.7 Å². The van der Waals surface area contributed by atoms with E-state index in [2.05, 4.69) is 31.9 Å². The number of halogens is 4. The fraction of sp³-hybridized carbons (Fsp3) is 0.300. The Bertz CT molecular complexity index is 366. The van der Waals surface area contributed by atoms with Gasteiger partial charge >= 0.3 is 0 Å². The van der Waals surface area contributed by atoms with E-state index in [1.54, 1.807) is 12.1 Å². The minimum atomic E-state index is -2.53. The van der Waals surface area contributed by atoms with E-state index < -0.39 is 6.43 Å². The molecule has 0 aliphatic carbocycles. The van der Waals surface area contributed by atoms with Gasteiger partial charge in [0.2, 0.25) is 0 Å². The van der Waals surface area contributed by atoms with Crippen molar-refractivity contribution in [3.63, 3.8) is 0 Å². The van der Waals surface area contributed by atoms with Gasteiger partial charge in [-0.25, -0.2) is 8.78 Å². The first-order valence-electron chi connectivity index (χ1n) is 4.18. The Kier molecular flexibility index (Phi) is 4.86. The molecule has 1 aromatic rings. The van der Waals surface area contributed by atoms with E-state index in [0.717, 1.165) is 0 Å². The number of benzene rings is 1. The molecule has 0 atom stereocenters. The average molecular weight is 342 g/mol. The molecular formula is C10H8Br2F2O. The summed E-state index contributed by atoms with van der Waals surface area (Å²) in [4.78, 5) is 11.1. The molecule has 0 aliphatic rings. The Morgan fingerprint density at radius 2 is 2.07 bits per heavy atom. The maximum absolute atomic E-state index is 12.5. The summed E-state index contributed by atoms with van der Waals surface area (Å²) in [5.74, 6) is -0.0301. The van der Waals surface area contributed by atoms with Crippen LogP contribution in [-0.4, -0.2) is 11.1 Å². The first-order valence-corrected chi connectivity index (χ1v) is 6.10. The van der Waals surface area contributed by atoms with Gasteiger partial charge < -0.3 is 0 Å². The molecule has 5 heteroatoms. The molecule has 0 unspecified atom stereocenters. The van der Waals surface area contributed by atoms with Crippen LogP contribution in [0.5, 0.6) is 0 Å². The number of Topliss-reactive ketones (excluding diaryl/α,β-unsaturated/α-hetero) is 1. The van der Waals surface area contributed by atoms with Crippen molar-refractivity contribution in [2.24, 2.45) is 0 Å². The van der Waals surface area contributed by atoms with Crippen LogP contribution in [0.25, 0.3) is 0 Å². The van der Waals surface area contributed by atoms with Gasteiger partial charge in [-0.1, -0.05) is 37.9 Å². The fourth-order valence-electron chi connectivity index (χ4n) is 1.15. The Balaban J connectivity index is 2.92. The van der Waals surface area contributed by atoms with Crippen LogP contribution >= 0.6 is 31.9 Å². The summed E-state index contributed by atoms with van der Waals surface area (Å²) in [6.45, 7) is 0. The molecule has 0 saturated heterocycles. The first kappa shape index (κ1) is 12.8. The summed E-state index contributed by atoms with van der Waals surface area (Å²) in [5.41, 5.74) is 0.535. The van der Waals surface area contributed by atoms with Crippen molar-refractivity contribution < 1.29 is 13.6 Å². The molecule has 1 aromatic carbocycles. The lowest BCUT2D eigenvalue weighted by Gasteiger charge is -2.06. The molecule has 82 valence electrons.